The van der Waals surface area contributed by atoms with Crippen LogP contribution in [-0.2, 0) is 25.9 Å². The number of nitro benzene ring substituents is 1. The summed E-state index contributed by atoms with van der Waals surface area (Å²) >= 11 is 6.26. The van der Waals surface area contributed by atoms with Crippen LogP contribution in [0.1, 0.15) is 66.4 Å². The average molecular weight is 901 g/mol. The number of methoxy groups -OCH3 is 1. The van der Waals surface area contributed by atoms with Crippen molar-refractivity contribution in [2.45, 2.75) is 56.3 Å². The Kier molecular flexibility index (Phi) is 13.4. The summed E-state index contributed by atoms with van der Waals surface area (Å²) < 4.78 is 62.7. The Morgan fingerprint density at radius 3 is 2.54 bits per heavy atom. The molecule has 14 nitrogen and oxygen atoms in total. The Morgan fingerprint density at radius 2 is 1.81 bits per heavy atom. The monoisotopic (exact) mass is 900 g/mol. The summed E-state index contributed by atoms with van der Waals surface area (Å²) in [6.07, 6.45) is 10.9. The molecule has 0 unspecified atom stereocenters. The largest absolute Gasteiger partial charge is 0.452 e. The number of benzene rings is 3. The SMILES string of the molecule is COCCOCCCc1ccc(S(=O)(=O)NC(=O)c2ccc(N3CCN(CC4=C(c5ccc(Cl)cc5)CC5(CCC5)CC4)CC3)c(F)c2Oc2cnc3[nH]ccc3c2)cc1[N+](=O)[O-]. The second kappa shape index (κ2) is 19.2. The number of aromatic amines is 1. The van der Waals surface area contributed by atoms with Crippen LogP contribution in [-0.4, -0.2) is 93.8 Å². The summed E-state index contributed by atoms with van der Waals surface area (Å²) in [6.45, 7) is 4.25. The van der Waals surface area contributed by atoms with Crippen molar-refractivity contribution in [3.63, 3.8) is 0 Å². The number of nitrogens with zero attached hydrogens (tertiary/aromatic N) is 4. The number of pyridine rings is 1. The van der Waals surface area contributed by atoms with Gasteiger partial charge in [0.1, 0.15) is 11.4 Å². The number of H-pyrrole nitrogens is 1. The van der Waals surface area contributed by atoms with E-state index in [0.29, 0.717) is 79.5 Å². The van der Waals surface area contributed by atoms with Crippen molar-refractivity contribution in [2.75, 3.05) is 64.6 Å². The van der Waals surface area contributed by atoms with Gasteiger partial charge in [0.15, 0.2) is 11.6 Å². The molecule has 1 aliphatic heterocycles. The third-order valence-electron chi connectivity index (χ3n) is 12.5. The number of amides is 1. The summed E-state index contributed by atoms with van der Waals surface area (Å²) in [7, 11) is -3.13. The van der Waals surface area contributed by atoms with E-state index in [0.717, 1.165) is 25.5 Å². The Labute approximate surface area is 370 Å². The zero-order chi connectivity index (χ0) is 44.1. The molecule has 1 amide bonds. The number of aromatic nitrogens is 2. The number of anilines is 1. The van der Waals surface area contributed by atoms with Crippen LogP contribution in [0, 0.1) is 21.3 Å². The highest BCUT2D eigenvalue weighted by Gasteiger charge is 2.41. The van der Waals surface area contributed by atoms with Crippen molar-refractivity contribution < 1.29 is 36.7 Å². The van der Waals surface area contributed by atoms with E-state index in [2.05, 4.69) is 27.0 Å². The van der Waals surface area contributed by atoms with Crippen molar-refractivity contribution in [2.24, 2.45) is 5.41 Å². The van der Waals surface area contributed by atoms with Crippen LogP contribution in [0.5, 0.6) is 11.5 Å². The number of carbonyl (C=O) groups excluding carboxylic acids is 1. The lowest BCUT2D eigenvalue weighted by atomic mass is 9.59. The number of nitrogens with one attached hydrogen (secondary N) is 2. The Bertz CT molecular complexity index is 2630. The highest BCUT2D eigenvalue weighted by atomic mass is 35.5. The fraction of sp³-hybridized carbons (Fsp3) is 0.391. The van der Waals surface area contributed by atoms with Crippen molar-refractivity contribution in [1.29, 1.82) is 0 Å². The molecule has 8 rings (SSSR count). The van der Waals surface area contributed by atoms with Gasteiger partial charge >= 0.3 is 0 Å². The minimum atomic E-state index is -4.68. The number of ether oxygens (including phenoxy) is 3. The molecule has 332 valence electrons. The zero-order valence-corrected chi connectivity index (χ0v) is 36.6. The molecule has 3 aromatic carbocycles. The van der Waals surface area contributed by atoms with Crippen LogP contribution in [0.25, 0.3) is 16.6 Å². The van der Waals surface area contributed by atoms with Crippen molar-refractivity contribution in [3.05, 3.63) is 122 Å². The van der Waals surface area contributed by atoms with E-state index in [1.807, 2.05) is 21.8 Å². The van der Waals surface area contributed by atoms with E-state index in [-0.39, 0.29) is 17.9 Å². The lowest BCUT2D eigenvalue weighted by molar-refractivity contribution is -0.385. The van der Waals surface area contributed by atoms with Crippen molar-refractivity contribution in [1.82, 2.24) is 19.6 Å². The summed E-state index contributed by atoms with van der Waals surface area (Å²) in [5, 5.41) is 13.4. The molecule has 2 aromatic heterocycles. The normalized spacial score (nSPS) is 16.7. The average Bonchev–Trinajstić information content (AvgIpc) is 3.74. The second-order valence-electron chi connectivity index (χ2n) is 16.5. The molecule has 0 radical (unpaired) electrons. The molecule has 3 aliphatic rings. The van der Waals surface area contributed by atoms with Crippen LogP contribution < -0.4 is 14.4 Å². The first kappa shape index (κ1) is 44.2. The standard InChI is InChI=1S/C46H50ClFN6O8S/c1-60-24-25-61-23-2-4-32-7-10-37(27-41(32)54(56)57)63(58,59)51-45(55)38-11-12-40(42(48)43(38)62-36-26-33-14-18-49-44(33)50-29-36)53-21-19-52(20-22-53)30-34-13-17-46(15-3-16-46)28-39(34)31-5-8-35(47)9-6-31/h5-12,14,18,26-27,29H,2-4,13,15-17,19-25,28,30H2,1H3,(H,49,50)(H,51,55). The Hall–Kier alpha value is -5.39. The molecule has 2 fully saturated rings. The van der Waals surface area contributed by atoms with Crippen LogP contribution in [0.4, 0.5) is 15.8 Å². The van der Waals surface area contributed by atoms with E-state index in [1.54, 1.807) is 25.4 Å². The van der Waals surface area contributed by atoms with Gasteiger partial charge in [-0.3, -0.25) is 19.8 Å². The maximum atomic E-state index is 17.0. The number of allylic oxidation sites excluding steroid dienone is 1. The number of rotatable bonds is 17. The molecule has 63 heavy (non-hydrogen) atoms. The molecular formula is C46H50ClFN6O8S. The molecule has 2 aliphatic carbocycles. The molecule has 0 bridgehead atoms. The summed E-state index contributed by atoms with van der Waals surface area (Å²) in [6, 6.07) is 17.8. The van der Waals surface area contributed by atoms with Gasteiger partial charge in [-0.05, 0) is 104 Å². The predicted molar refractivity (Wildman–Crippen MR) is 238 cm³/mol. The van der Waals surface area contributed by atoms with E-state index in [9.17, 15) is 23.3 Å². The minimum absolute atomic E-state index is 0.121. The smallest absolute Gasteiger partial charge is 0.273 e. The lowest BCUT2D eigenvalue weighted by Gasteiger charge is -2.47. The van der Waals surface area contributed by atoms with Crippen molar-refractivity contribution >= 4 is 55.5 Å². The molecule has 0 atom stereocenters. The minimum Gasteiger partial charge on any atom is -0.452 e. The fourth-order valence-corrected chi connectivity index (χ4v) is 10.0. The van der Waals surface area contributed by atoms with Gasteiger partial charge in [-0.15, -0.1) is 0 Å². The van der Waals surface area contributed by atoms with E-state index < -0.39 is 48.6 Å². The topological polar surface area (TPSA) is 169 Å². The molecule has 1 spiro atoms. The first-order valence-electron chi connectivity index (χ1n) is 21.2. The third kappa shape index (κ3) is 10.0. The summed E-state index contributed by atoms with van der Waals surface area (Å²) in [5.41, 5.74) is 4.74. The third-order valence-corrected chi connectivity index (χ3v) is 14.1. The number of fused-ring (bicyclic) bond motifs is 1. The van der Waals surface area contributed by atoms with Gasteiger partial charge in [0.05, 0.1) is 40.5 Å². The molecule has 1 saturated carbocycles. The number of carbonyl (C=O) groups is 1. The van der Waals surface area contributed by atoms with Crippen LogP contribution in [0.3, 0.4) is 0 Å². The zero-order valence-electron chi connectivity index (χ0n) is 35.0. The van der Waals surface area contributed by atoms with Gasteiger partial charge in [-0.25, -0.2) is 22.5 Å². The van der Waals surface area contributed by atoms with Gasteiger partial charge in [-0.2, -0.15) is 0 Å². The lowest BCUT2D eigenvalue weighted by Crippen LogP contribution is -2.47. The maximum absolute atomic E-state index is 17.0. The van der Waals surface area contributed by atoms with Gasteiger partial charge in [-0.1, -0.05) is 41.8 Å². The molecular weight excluding hydrogens is 851 g/mol. The number of piperazine rings is 1. The molecule has 5 aromatic rings. The van der Waals surface area contributed by atoms with Crippen LogP contribution in [0.2, 0.25) is 5.02 Å². The van der Waals surface area contributed by atoms with E-state index in [4.69, 9.17) is 25.8 Å². The van der Waals surface area contributed by atoms with Crippen LogP contribution in [0.15, 0.2) is 89.6 Å². The first-order valence-corrected chi connectivity index (χ1v) is 23.1. The van der Waals surface area contributed by atoms with E-state index in [1.165, 1.54) is 72.9 Å². The van der Waals surface area contributed by atoms with Gasteiger partial charge < -0.3 is 24.1 Å². The maximum Gasteiger partial charge on any atom is 0.273 e. The highest BCUT2D eigenvalue weighted by molar-refractivity contribution is 7.90. The fourth-order valence-electron chi connectivity index (χ4n) is 8.91. The molecule has 3 heterocycles. The first-order chi connectivity index (χ1) is 30.4. The molecule has 1 saturated heterocycles. The van der Waals surface area contributed by atoms with Crippen LogP contribution >= 0.6 is 11.6 Å². The molecule has 17 heteroatoms. The van der Waals surface area contributed by atoms with Gasteiger partial charge in [0, 0.05) is 74.7 Å². The van der Waals surface area contributed by atoms with Gasteiger partial charge in [0.25, 0.3) is 21.6 Å². The number of aryl methyl sites for hydroxylation is 1. The number of halogens is 2. The summed E-state index contributed by atoms with van der Waals surface area (Å²) in [4.78, 5) is 36.3. The van der Waals surface area contributed by atoms with E-state index >= 15 is 4.39 Å². The number of sulfonamides is 1. The number of hydrogen-bond donors (Lipinski definition) is 2. The quantitative estimate of drug-likeness (QED) is 0.0520. The second-order valence-corrected chi connectivity index (χ2v) is 18.7. The molecule has 2 N–H and O–H groups in total. The number of hydrogen-bond acceptors (Lipinski definition) is 11. The summed E-state index contributed by atoms with van der Waals surface area (Å²) in [5.74, 6) is -2.40. The Morgan fingerprint density at radius 1 is 1.02 bits per heavy atom. The van der Waals surface area contributed by atoms with Gasteiger partial charge in [0.2, 0.25) is 0 Å². The highest BCUT2D eigenvalue weighted by Crippen LogP contribution is 2.55. The number of nitro groups is 1. The van der Waals surface area contributed by atoms with Crippen molar-refractivity contribution in [3.8, 4) is 11.5 Å². The Balaban J connectivity index is 1.01. The predicted octanol–water partition coefficient (Wildman–Crippen LogP) is 8.70.